The Labute approximate surface area is 77.3 Å². The molecular weight excluding hydrogens is 160 g/mol. The monoisotopic (exact) mass is 172 g/mol. The normalized spacial score (nSPS) is 10.5. The van der Waals surface area contributed by atoms with Gasteiger partial charge in [-0.2, -0.15) is 0 Å². The van der Waals surface area contributed by atoms with Gasteiger partial charge in [0, 0.05) is 17.8 Å². The van der Waals surface area contributed by atoms with Crippen LogP contribution in [0.15, 0.2) is 37.2 Å². The highest BCUT2D eigenvalue weighted by atomic mass is 14.8. The molecule has 0 spiro atoms. The summed E-state index contributed by atoms with van der Waals surface area (Å²) >= 11 is 0. The van der Waals surface area contributed by atoms with Crippen molar-refractivity contribution < 1.29 is 0 Å². The van der Waals surface area contributed by atoms with Crippen LogP contribution in [0.2, 0.25) is 0 Å². The van der Waals surface area contributed by atoms with Crippen LogP contribution in [0.3, 0.4) is 0 Å². The first-order valence-corrected chi connectivity index (χ1v) is 4.43. The Bertz CT molecular complexity index is 415. The van der Waals surface area contributed by atoms with Gasteiger partial charge in [0.15, 0.2) is 0 Å². The molecule has 0 aliphatic rings. The Hall–Kier alpha value is -1.57. The highest BCUT2D eigenvalue weighted by molar-refractivity contribution is 5.75. The van der Waals surface area contributed by atoms with Gasteiger partial charge in [0.1, 0.15) is 5.65 Å². The lowest BCUT2D eigenvalue weighted by molar-refractivity contribution is 0.996. The molecule has 66 valence electrons. The highest BCUT2D eigenvalue weighted by Gasteiger charge is 1.96. The fourth-order valence-corrected chi connectivity index (χ4v) is 1.39. The topological polar surface area (TPSA) is 28.7 Å². The summed E-state index contributed by atoms with van der Waals surface area (Å²) in [5.74, 6) is 0. The number of H-pyrrole nitrogens is 1. The van der Waals surface area contributed by atoms with E-state index < -0.39 is 0 Å². The largest absolute Gasteiger partial charge is 0.346 e. The molecule has 0 amide bonds. The number of hydrogen-bond acceptors (Lipinski definition) is 1. The fraction of sp³-hybridized carbons (Fsp3) is 0.182. The molecule has 0 saturated heterocycles. The standard InChI is InChI=1S/C11H12N2/c1-2-3-4-9-7-10-5-6-12-11(10)13-8-9/h2,5-8H,1,3-4H2,(H,12,13). The summed E-state index contributed by atoms with van der Waals surface area (Å²) < 4.78 is 0. The van der Waals surface area contributed by atoms with Crippen LogP contribution in [-0.4, -0.2) is 9.97 Å². The summed E-state index contributed by atoms with van der Waals surface area (Å²) in [6.07, 6.45) is 7.80. The second-order valence-electron chi connectivity index (χ2n) is 3.09. The Balaban J connectivity index is 2.31. The number of nitrogens with one attached hydrogen (secondary N) is 1. The third-order valence-electron chi connectivity index (χ3n) is 2.09. The third kappa shape index (κ3) is 1.61. The number of pyridine rings is 1. The molecule has 0 aliphatic carbocycles. The van der Waals surface area contributed by atoms with Crippen molar-refractivity contribution in [2.45, 2.75) is 12.8 Å². The average Bonchev–Trinajstić information content (AvgIpc) is 2.61. The quantitative estimate of drug-likeness (QED) is 0.708. The number of nitrogens with zero attached hydrogens (tertiary/aromatic N) is 1. The summed E-state index contributed by atoms with van der Waals surface area (Å²) in [6.45, 7) is 3.70. The van der Waals surface area contributed by atoms with E-state index in [4.69, 9.17) is 0 Å². The van der Waals surface area contributed by atoms with Crippen molar-refractivity contribution in [3.05, 3.63) is 42.7 Å². The number of aromatic amines is 1. The van der Waals surface area contributed by atoms with Crippen molar-refractivity contribution >= 4 is 11.0 Å². The van der Waals surface area contributed by atoms with Gasteiger partial charge in [-0.1, -0.05) is 6.08 Å². The average molecular weight is 172 g/mol. The zero-order chi connectivity index (χ0) is 9.10. The molecule has 1 N–H and O–H groups in total. The van der Waals surface area contributed by atoms with Crippen LogP contribution in [0, 0.1) is 0 Å². The first-order chi connectivity index (χ1) is 6.40. The predicted molar refractivity (Wildman–Crippen MR) is 54.6 cm³/mol. The zero-order valence-electron chi connectivity index (χ0n) is 7.46. The molecule has 0 radical (unpaired) electrons. The SMILES string of the molecule is C=CCCc1cnc2[nH]ccc2c1. The van der Waals surface area contributed by atoms with Crippen molar-refractivity contribution in [3.63, 3.8) is 0 Å². The van der Waals surface area contributed by atoms with Crippen LogP contribution in [-0.2, 0) is 6.42 Å². The van der Waals surface area contributed by atoms with Gasteiger partial charge in [0.05, 0.1) is 0 Å². The lowest BCUT2D eigenvalue weighted by atomic mass is 10.1. The van der Waals surface area contributed by atoms with E-state index in [2.05, 4.69) is 22.6 Å². The summed E-state index contributed by atoms with van der Waals surface area (Å²) in [4.78, 5) is 7.38. The molecule has 2 aromatic rings. The summed E-state index contributed by atoms with van der Waals surface area (Å²) in [6, 6.07) is 4.21. The molecule has 0 saturated carbocycles. The second-order valence-corrected chi connectivity index (χ2v) is 3.09. The van der Waals surface area contributed by atoms with E-state index in [1.54, 1.807) is 0 Å². The molecule has 13 heavy (non-hydrogen) atoms. The van der Waals surface area contributed by atoms with E-state index in [1.165, 1.54) is 10.9 Å². The van der Waals surface area contributed by atoms with E-state index >= 15 is 0 Å². The first-order valence-electron chi connectivity index (χ1n) is 4.43. The van der Waals surface area contributed by atoms with Gasteiger partial charge in [-0.3, -0.25) is 0 Å². The molecule has 2 rings (SSSR count). The minimum absolute atomic E-state index is 0.961. The van der Waals surface area contributed by atoms with Gasteiger partial charge in [-0.05, 0) is 30.5 Å². The maximum atomic E-state index is 4.30. The van der Waals surface area contributed by atoms with Gasteiger partial charge in [0.2, 0.25) is 0 Å². The third-order valence-corrected chi connectivity index (χ3v) is 2.09. The number of aromatic nitrogens is 2. The molecule has 2 heterocycles. The predicted octanol–water partition coefficient (Wildman–Crippen LogP) is 2.68. The molecule has 0 aliphatic heterocycles. The molecule has 2 nitrogen and oxygen atoms in total. The van der Waals surface area contributed by atoms with Gasteiger partial charge >= 0.3 is 0 Å². The van der Waals surface area contributed by atoms with Crippen LogP contribution in [0.5, 0.6) is 0 Å². The Morgan fingerprint density at radius 3 is 3.31 bits per heavy atom. The van der Waals surface area contributed by atoms with E-state index in [9.17, 15) is 0 Å². The minimum atomic E-state index is 0.961. The molecule has 0 atom stereocenters. The first kappa shape index (κ1) is 8.05. The van der Waals surface area contributed by atoms with Gasteiger partial charge in [-0.25, -0.2) is 4.98 Å². The van der Waals surface area contributed by atoms with Crippen LogP contribution in [0.4, 0.5) is 0 Å². The van der Waals surface area contributed by atoms with Crippen molar-refractivity contribution in [2.24, 2.45) is 0 Å². The molecule has 2 heteroatoms. The van der Waals surface area contributed by atoms with Crippen molar-refractivity contribution in [1.29, 1.82) is 0 Å². The lowest BCUT2D eigenvalue weighted by Crippen LogP contribution is -1.85. The number of aryl methyl sites for hydroxylation is 1. The molecular formula is C11H12N2. The Morgan fingerprint density at radius 2 is 2.46 bits per heavy atom. The Morgan fingerprint density at radius 1 is 1.54 bits per heavy atom. The van der Waals surface area contributed by atoms with Gasteiger partial charge < -0.3 is 4.98 Å². The maximum Gasteiger partial charge on any atom is 0.137 e. The van der Waals surface area contributed by atoms with Crippen molar-refractivity contribution in [1.82, 2.24) is 9.97 Å². The molecule has 0 aromatic carbocycles. The minimum Gasteiger partial charge on any atom is -0.346 e. The van der Waals surface area contributed by atoms with Crippen LogP contribution in [0.25, 0.3) is 11.0 Å². The smallest absolute Gasteiger partial charge is 0.137 e. The number of hydrogen-bond donors (Lipinski definition) is 1. The van der Waals surface area contributed by atoms with Crippen LogP contribution < -0.4 is 0 Å². The van der Waals surface area contributed by atoms with E-state index in [0.717, 1.165) is 18.5 Å². The van der Waals surface area contributed by atoms with Crippen molar-refractivity contribution in [2.75, 3.05) is 0 Å². The Kier molecular flexibility index (Phi) is 2.13. The van der Waals surface area contributed by atoms with E-state index in [0.29, 0.717) is 0 Å². The highest BCUT2D eigenvalue weighted by Crippen LogP contribution is 2.12. The van der Waals surface area contributed by atoms with Crippen LogP contribution >= 0.6 is 0 Å². The number of fused-ring (bicyclic) bond motifs is 1. The molecule has 0 unspecified atom stereocenters. The lowest BCUT2D eigenvalue weighted by Gasteiger charge is -1.97. The second kappa shape index (κ2) is 3.44. The zero-order valence-corrected chi connectivity index (χ0v) is 7.46. The van der Waals surface area contributed by atoms with Crippen LogP contribution in [0.1, 0.15) is 12.0 Å². The van der Waals surface area contributed by atoms with E-state index in [-0.39, 0.29) is 0 Å². The van der Waals surface area contributed by atoms with Gasteiger partial charge in [-0.15, -0.1) is 6.58 Å². The number of allylic oxidation sites excluding steroid dienone is 1. The maximum absolute atomic E-state index is 4.30. The van der Waals surface area contributed by atoms with E-state index in [1.807, 2.05) is 24.5 Å². The summed E-state index contributed by atoms with van der Waals surface area (Å²) in [5.41, 5.74) is 2.23. The number of rotatable bonds is 3. The van der Waals surface area contributed by atoms with Crippen molar-refractivity contribution in [3.8, 4) is 0 Å². The molecule has 0 fully saturated rings. The fourth-order valence-electron chi connectivity index (χ4n) is 1.39. The summed E-state index contributed by atoms with van der Waals surface area (Å²) in [7, 11) is 0. The molecule has 0 bridgehead atoms. The molecule has 2 aromatic heterocycles. The van der Waals surface area contributed by atoms with Gasteiger partial charge in [0.25, 0.3) is 0 Å². The summed E-state index contributed by atoms with van der Waals surface area (Å²) in [5, 5.41) is 1.18.